The number of aryl methyl sites for hydroxylation is 1. The Labute approximate surface area is 160 Å². The van der Waals surface area contributed by atoms with Crippen molar-refractivity contribution in [3.8, 4) is 0 Å². The first kappa shape index (κ1) is 18.2. The molecule has 0 atom stereocenters. The highest BCUT2D eigenvalue weighted by atomic mass is 16.4. The Morgan fingerprint density at radius 1 is 1.29 bits per heavy atom. The van der Waals surface area contributed by atoms with Gasteiger partial charge in [-0.05, 0) is 31.9 Å². The molecule has 4 rings (SSSR count). The second kappa shape index (κ2) is 6.78. The summed E-state index contributed by atoms with van der Waals surface area (Å²) in [5, 5.41) is 17.4. The standard InChI is InChI=1S/C20H21N3O5/c1-12-4-5-15-13(8-12)18-14(19(27)28-15)10-21-23(18)11-16(24)22-20(9-17(25)26)6-2-3-7-20/h4-5,8,10H,2-3,6-7,9,11H2,1H3,(H,22,24)(H,25,26). The summed E-state index contributed by atoms with van der Waals surface area (Å²) in [5.74, 6) is -1.24. The molecular formula is C20H21N3O5. The summed E-state index contributed by atoms with van der Waals surface area (Å²) < 4.78 is 6.82. The van der Waals surface area contributed by atoms with E-state index in [1.54, 1.807) is 6.07 Å². The highest BCUT2D eigenvalue weighted by molar-refractivity contribution is 6.02. The third-order valence-electron chi connectivity index (χ3n) is 5.40. The Bertz CT molecular complexity index is 1140. The van der Waals surface area contributed by atoms with Crippen LogP contribution >= 0.6 is 0 Å². The molecule has 0 saturated heterocycles. The fourth-order valence-corrected chi connectivity index (χ4v) is 4.17. The first-order valence-corrected chi connectivity index (χ1v) is 9.29. The maximum atomic E-state index is 12.7. The smallest absolute Gasteiger partial charge is 0.347 e. The summed E-state index contributed by atoms with van der Waals surface area (Å²) in [6.45, 7) is 1.83. The van der Waals surface area contributed by atoms with E-state index in [2.05, 4.69) is 10.4 Å². The average Bonchev–Trinajstić information content (AvgIpc) is 3.23. The van der Waals surface area contributed by atoms with Crippen LogP contribution in [0, 0.1) is 6.92 Å². The van der Waals surface area contributed by atoms with Crippen molar-refractivity contribution in [2.45, 2.75) is 51.1 Å². The largest absolute Gasteiger partial charge is 0.481 e. The van der Waals surface area contributed by atoms with Crippen molar-refractivity contribution in [2.24, 2.45) is 0 Å². The Morgan fingerprint density at radius 3 is 2.75 bits per heavy atom. The molecule has 1 aliphatic rings. The number of carbonyl (C=O) groups excluding carboxylic acids is 1. The number of hydrogen-bond acceptors (Lipinski definition) is 5. The van der Waals surface area contributed by atoms with Crippen LogP contribution in [0.15, 0.2) is 33.6 Å². The van der Waals surface area contributed by atoms with Crippen LogP contribution in [0.3, 0.4) is 0 Å². The summed E-state index contributed by atoms with van der Waals surface area (Å²) in [6.07, 6.45) is 4.39. The van der Waals surface area contributed by atoms with Crippen molar-refractivity contribution in [1.29, 1.82) is 0 Å². The van der Waals surface area contributed by atoms with E-state index in [4.69, 9.17) is 4.42 Å². The number of nitrogens with zero attached hydrogens (tertiary/aromatic N) is 2. The second-order valence-corrected chi connectivity index (χ2v) is 7.56. The molecule has 8 nitrogen and oxygen atoms in total. The molecule has 1 aromatic carbocycles. The zero-order valence-corrected chi connectivity index (χ0v) is 15.5. The van der Waals surface area contributed by atoms with Crippen LogP contribution in [0.5, 0.6) is 0 Å². The number of carboxylic acids is 1. The van der Waals surface area contributed by atoms with E-state index in [1.807, 2.05) is 19.1 Å². The number of fused-ring (bicyclic) bond motifs is 3. The molecule has 8 heteroatoms. The number of hydrogen-bond donors (Lipinski definition) is 2. The van der Waals surface area contributed by atoms with Crippen LogP contribution in [0.1, 0.15) is 37.7 Å². The lowest BCUT2D eigenvalue weighted by Gasteiger charge is -2.28. The van der Waals surface area contributed by atoms with Crippen LogP contribution in [0.2, 0.25) is 0 Å². The molecule has 2 heterocycles. The minimum atomic E-state index is -0.925. The Balaban J connectivity index is 1.69. The van der Waals surface area contributed by atoms with E-state index in [0.29, 0.717) is 34.7 Å². The molecule has 2 N–H and O–H groups in total. The maximum Gasteiger partial charge on any atom is 0.347 e. The van der Waals surface area contributed by atoms with Crippen LogP contribution in [0.25, 0.3) is 21.9 Å². The Hall–Kier alpha value is -3.16. The summed E-state index contributed by atoms with van der Waals surface area (Å²) in [5.41, 5.74) is 0.762. The molecule has 0 unspecified atom stereocenters. The molecule has 1 amide bonds. The molecule has 3 aromatic rings. The van der Waals surface area contributed by atoms with Crippen molar-refractivity contribution >= 4 is 33.7 Å². The van der Waals surface area contributed by atoms with E-state index in [-0.39, 0.29) is 18.9 Å². The quantitative estimate of drug-likeness (QED) is 0.654. The number of carboxylic acid groups (broad SMARTS) is 1. The molecule has 28 heavy (non-hydrogen) atoms. The van der Waals surface area contributed by atoms with Gasteiger partial charge in [0.25, 0.3) is 0 Å². The van der Waals surface area contributed by atoms with Gasteiger partial charge in [-0.3, -0.25) is 14.3 Å². The van der Waals surface area contributed by atoms with Gasteiger partial charge in [0, 0.05) is 5.39 Å². The number of carbonyl (C=O) groups is 2. The first-order chi connectivity index (χ1) is 13.4. The fraction of sp³-hybridized carbons (Fsp3) is 0.400. The monoisotopic (exact) mass is 383 g/mol. The summed E-state index contributed by atoms with van der Waals surface area (Å²) in [7, 11) is 0. The summed E-state index contributed by atoms with van der Waals surface area (Å²) >= 11 is 0. The molecule has 2 aromatic heterocycles. The van der Waals surface area contributed by atoms with E-state index in [0.717, 1.165) is 18.4 Å². The topological polar surface area (TPSA) is 114 Å². The summed E-state index contributed by atoms with van der Waals surface area (Å²) in [6, 6.07) is 5.46. The van der Waals surface area contributed by atoms with Gasteiger partial charge in [0.15, 0.2) is 0 Å². The van der Waals surface area contributed by atoms with Crippen molar-refractivity contribution < 1.29 is 19.1 Å². The lowest BCUT2D eigenvalue weighted by atomic mass is 9.93. The van der Waals surface area contributed by atoms with Gasteiger partial charge in [-0.25, -0.2) is 4.79 Å². The zero-order chi connectivity index (χ0) is 19.9. The number of nitrogens with one attached hydrogen (secondary N) is 1. The zero-order valence-electron chi connectivity index (χ0n) is 15.5. The van der Waals surface area contributed by atoms with Gasteiger partial charge in [-0.15, -0.1) is 0 Å². The molecule has 1 saturated carbocycles. The molecule has 0 bridgehead atoms. The fourth-order valence-electron chi connectivity index (χ4n) is 4.17. The van der Waals surface area contributed by atoms with E-state index in [9.17, 15) is 19.5 Å². The summed E-state index contributed by atoms with van der Waals surface area (Å²) in [4.78, 5) is 36.2. The molecule has 146 valence electrons. The van der Waals surface area contributed by atoms with E-state index < -0.39 is 17.1 Å². The maximum absolute atomic E-state index is 12.7. The minimum absolute atomic E-state index is 0.0929. The number of rotatable bonds is 5. The molecule has 1 aliphatic carbocycles. The molecular weight excluding hydrogens is 362 g/mol. The molecule has 1 fully saturated rings. The van der Waals surface area contributed by atoms with E-state index >= 15 is 0 Å². The molecule has 0 spiro atoms. The van der Waals surface area contributed by atoms with Gasteiger partial charge in [-0.2, -0.15) is 5.10 Å². The number of amides is 1. The highest BCUT2D eigenvalue weighted by Gasteiger charge is 2.37. The third kappa shape index (κ3) is 3.26. The van der Waals surface area contributed by atoms with Crippen LogP contribution < -0.4 is 10.9 Å². The molecule has 0 aliphatic heterocycles. The Morgan fingerprint density at radius 2 is 2.04 bits per heavy atom. The van der Waals surface area contributed by atoms with Crippen molar-refractivity contribution in [3.05, 3.63) is 40.4 Å². The molecule has 0 radical (unpaired) electrons. The van der Waals surface area contributed by atoms with Gasteiger partial charge in [0.2, 0.25) is 5.91 Å². The van der Waals surface area contributed by atoms with Crippen molar-refractivity contribution in [2.75, 3.05) is 0 Å². The average molecular weight is 383 g/mol. The normalized spacial score (nSPS) is 15.9. The van der Waals surface area contributed by atoms with Gasteiger partial charge in [0.1, 0.15) is 17.5 Å². The first-order valence-electron chi connectivity index (χ1n) is 9.29. The van der Waals surface area contributed by atoms with Crippen LogP contribution in [-0.4, -0.2) is 32.3 Å². The highest BCUT2D eigenvalue weighted by Crippen LogP contribution is 2.32. The predicted molar refractivity (Wildman–Crippen MR) is 102 cm³/mol. The van der Waals surface area contributed by atoms with Crippen LogP contribution in [-0.2, 0) is 16.1 Å². The lowest BCUT2D eigenvalue weighted by Crippen LogP contribution is -2.48. The number of benzene rings is 1. The number of aromatic nitrogens is 2. The van der Waals surface area contributed by atoms with Gasteiger partial charge >= 0.3 is 11.6 Å². The lowest BCUT2D eigenvalue weighted by molar-refractivity contribution is -0.139. The van der Waals surface area contributed by atoms with Crippen LogP contribution in [0.4, 0.5) is 0 Å². The number of aliphatic carboxylic acids is 1. The van der Waals surface area contributed by atoms with Gasteiger partial charge < -0.3 is 14.8 Å². The van der Waals surface area contributed by atoms with Gasteiger partial charge in [0.05, 0.1) is 23.7 Å². The predicted octanol–water partition coefficient (Wildman–Crippen LogP) is 2.35. The van der Waals surface area contributed by atoms with Gasteiger partial charge in [-0.1, -0.05) is 24.5 Å². The van der Waals surface area contributed by atoms with Crippen molar-refractivity contribution in [1.82, 2.24) is 15.1 Å². The Kier molecular flexibility index (Phi) is 4.41. The minimum Gasteiger partial charge on any atom is -0.481 e. The SMILES string of the molecule is Cc1ccc2oc(=O)c3cnn(CC(=O)NC4(CC(=O)O)CCCC4)c3c2c1. The third-order valence-corrected chi connectivity index (χ3v) is 5.40. The van der Waals surface area contributed by atoms with E-state index in [1.165, 1.54) is 10.9 Å². The van der Waals surface area contributed by atoms with Crippen molar-refractivity contribution in [3.63, 3.8) is 0 Å². The second-order valence-electron chi connectivity index (χ2n) is 7.56.